The first-order valence-electron chi connectivity index (χ1n) is 6.15. The topological polar surface area (TPSA) is 74.7 Å². The van der Waals surface area contributed by atoms with Gasteiger partial charge in [-0.15, -0.1) is 0 Å². The number of carboxylic acids is 1. The molecule has 0 radical (unpaired) electrons. The standard InChI is InChI=1S/C11H21NO4S/c1-2-12(9-10-5-3-6-10)17(15,16)8-4-7-11(13)14/h10H,2-9H2,1H3,(H,13,14). The van der Waals surface area contributed by atoms with E-state index < -0.39 is 16.0 Å². The van der Waals surface area contributed by atoms with Crippen molar-refractivity contribution in [1.82, 2.24) is 4.31 Å². The summed E-state index contributed by atoms with van der Waals surface area (Å²) in [5.41, 5.74) is 0. The van der Waals surface area contributed by atoms with E-state index in [-0.39, 0.29) is 18.6 Å². The van der Waals surface area contributed by atoms with E-state index in [1.54, 1.807) is 0 Å². The van der Waals surface area contributed by atoms with E-state index in [0.29, 0.717) is 19.0 Å². The average molecular weight is 263 g/mol. The SMILES string of the molecule is CCN(CC1CCC1)S(=O)(=O)CCCC(=O)O. The number of rotatable bonds is 8. The van der Waals surface area contributed by atoms with Gasteiger partial charge in [-0.3, -0.25) is 4.79 Å². The van der Waals surface area contributed by atoms with Crippen molar-refractivity contribution in [2.75, 3.05) is 18.8 Å². The second-order valence-electron chi connectivity index (χ2n) is 4.56. The van der Waals surface area contributed by atoms with E-state index in [1.807, 2.05) is 6.92 Å². The molecule has 1 saturated carbocycles. The molecule has 1 aliphatic rings. The first-order valence-corrected chi connectivity index (χ1v) is 7.76. The molecule has 17 heavy (non-hydrogen) atoms. The summed E-state index contributed by atoms with van der Waals surface area (Å²) in [5.74, 6) is -0.494. The Bertz CT molecular complexity index is 348. The predicted molar refractivity (Wildman–Crippen MR) is 65.2 cm³/mol. The molecule has 0 amide bonds. The maximum atomic E-state index is 12.0. The summed E-state index contributed by atoms with van der Waals surface area (Å²) in [6.07, 6.45) is 3.53. The highest BCUT2D eigenvalue weighted by molar-refractivity contribution is 7.89. The molecule has 1 rings (SSSR count). The van der Waals surface area contributed by atoms with Gasteiger partial charge in [-0.05, 0) is 25.2 Å². The van der Waals surface area contributed by atoms with Crippen LogP contribution in [0.4, 0.5) is 0 Å². The van der Waals surface area contributed by atoms with Crippen LogP contribution < -0.4 is 0 Å². The fourth-order valence-electron chi connectivity index (χ4n) is 1.94. The van der Waals surface area contributed by atoms with E-state index in [9.17, 15) is 13.2 Å². The van der Waals surface area contributed by atoms with Gasteiger partial charge in [0.25, 0.3) is 0 Å². The predicted octanol–water partition coefficient (Wildman–Crippen LogP) is 1.30. The summed E-state index contributed by atoms with van der Waals surface area (Å²) >= 11 is 0. The Morgan fingerprint density at radius 1 is 1.41 bits per heavy atom. The van der Waals surface area contributed by atoms with Crippen LogP contribution in [0.2, 0.25) is 0 Å². The number of carboxylic acid groups (broad SMARTS) is 1. The van der Waals surface area contributed by atoms with Crippen molar-refractivity contribution < 1.29 is 18.3 Å². The van der Waals surface area contributed by atoms with Gasteiger partial charge in [0.2, 0.25) is 10.0 Å². The molecular formula is C11H21NO4S. The molecule has 0 aromatic rings. The molecule has 1 fully saturated rings. The average Bonchev–Trinajstić information content (AvgIpc) is 2.14. The van der Waals surface area contributed by atoms with E-state index in [1.165, 1.54) is 10.7 Å². The minimum absolute atomic E-state index is 0.0557. The minimum atomic E-state index is -3.27. The van der Waals surface area contributed by atoms with Gasteiger partial charge in [-0.2, -0.15) is 0 Å². The smallest absolute Gasteiger partial charge is 0.303 e. The summed E-state index contributed by atoms with van der Waals surface area (Å²) in [6.45, 7) is 2.91. The van der Waals surface area contributed by atoms with Crippen molar-refractivity contribution in [3.63, 3.8) is 0 Å². The van der Waals surface area contributed by atoms with Gasteiger partial charge < -0.3 is 5.11 Å². The molecule has 0 aliphatic heterocycles. The normalized spacial score (nSPS) is 17.1. The van der Waals surface area contributed by atoms with Gasteiger partial charge in [-0.1, -0.05) is 13.3 Å². The zero-order chi connectivity index (χ0) is 12.9. The van der Waals surface area contributed by atoms with Crippen LogP contribution in [0.25, 0.3) is 0 Å². The largest absolute Gasteiger partial charge is 0.481 e. The highest BCUT2D eigenvalue weighted by Gasteiger charge is 2.26. The Morgan fingerprint density at radius 2 is 2.06 bits per heavy atom. The molecule has 0 spiro atoms. The maximum Gasteiger partial charge on any atom is 0.303 e. The number of carbonyl (C=O) groups is 1. The molecular weight excluding hydrogens is 242 g/mol. The van der Waals surface area contributed by atoms with Gasteiger partial charge >= 0.3 is 5.97 Å². The van der Waals surface area contributed by atoms with E-state index in [2.05, 4.69) is 0 Å². The van der Waals surface area contributed by atoms with Crippen LogP contribution in [0.1, 0.15) is 39.0 Å². The van der Waals surface area contributed by atoms with Crippen LogP contribution in [-0.4, -0.2) is 42.6 Å². The molecule has 0 saturated heterocycles. The third-order valence-electron chi connectivity index (χ3n) is 3.23. The molecule has 0 unspecified atom stereocenters. The maximum absolute atomic E-state index is 12.0. The highest BCUT2D eigenvalue weighted by Crippen LogP contribution is 2.27. The molecule has 0 aromatic carbocycles. The zero-order valence-electron chi connectivity index (χ0n) is 10.3. The molecule has 6 heteroatoms. The number of sulfonamides is 1. The van der Waals surface area contributed by atoms with Gasteiger partial charge in [-0.25, -0.2) is 12.7 Å². The van der Waals surface area contributed by atoms with Crippen molar-refractivity contribution in [1.29, 1.82) is 0 Å². The van der Waals surface area contributed by atoms with Crippen LogP contribution in [-0.2, 0) is 14.8 Å². The lowest BCUT2D eigenvalue weighted by atomic mass is 9.85. The fraction of sp³-hybridized carbons (Fsp3) is 0.909. The Hall–Kier alpha value is -0.620. The summed E-state index contributed by atoms with van der Waals surface area (Å²) in [7, 11) is -3.27. The lowest BCUT2D eigenvalue weighted by molar-refractivity contribution is -0.137. The van der Waals surface area contributed by atoms with E-state index in [0.717, 1.165) is 12.8 Å². The fourth-order valence-corrected chi connectivity index (χ4v) is 3.54. The van der Waals surface area contributed by atoms with Crippen LogP contribution >= 0.6 is 0 Å². The molecule has 1 aliphatic carbocycles. The van der Waals surface area contributed by atoms with Crippen LogP contribution in [0, 0.1) is 5.92 Å². The third kappa shape index (κ3) is 4.63. The van der Waals surface area contributed by atoms with Crippen molar-refractivity contribution in [2.24, 2.45) is 5.92 Å². The number of hydrogen-bond acceptors (Lipinski definition) is 3. The minimum Gasteiger partial charge on any atom is -0.481 e. The summed E-state index contributed by atoms with van der Waals surface area (Å²) < 4.78 is 25.4. The second-order valence-corrected chi connectivity index (χ2v) is 6.65. The Morgan fingerprint density at radius 3 is 2.47 bits per heavy atom. The summed E-state index contributed by atoms with van der Waals surface area (Å²) in [6, 6.07) is 0. The zero-order valence-corrected chi connectivity index (χ0v) is 11.1. The third-order valence-corrected chi connectivity index (χ3v) is 5.22. The van der Waals surface area contributed by atoms with Gasteiger partial charge in [0.1, 0.15) is 0 Å². The molecule has 0 bridgehead atoms. The van der Waals surface area contributed by atoms with Crippen LogP contribution in [0.5, 0.6) is 0 Å². The number of hydrogen-bond donors (Lipinski definition) is 1. The molecule has 100 valence electrons. The van der Waals surface area contributed by atoms with E-state index >= 15 is 0 Å². The van der Waals surface area contributed by atoms with Gasteiger partial charge in [0.05, 0.1) is 5.75 Å². The molecule has 1 N–H and O–H groups in total. The first kappa shape index (κ1) is 14.4. The monoisotopic (exact) mass is 263 g/mol. The Kier molecular flexibility index (Phi) is 5.39. The van der Waals surface area contributed by atoms with Crippen LogP contribution in [0.15, 0.2) is 0 Å². The Balaban J connectivity index is 2.43. The quantitative estimate of drug-likeness (QED) is 0.716. The van der Waals surface area contributed by atoms with Gasteiger partial charge in [0, 0.05) is 19.5 Å². The lowest BCUT2D eigenvalue weighted by Crippen LogP contribution is -2.38. The van der Waals surface area contributed by atoms with Crippen LogP contribution in [0.3, 0.4) is 0 Å². The van der Waals surface area contributed by atoms with Crippen molar-refractivity contribution in [3.05, 3.63) is 0 Å². The van der Waals surface area contributed by atoms with Crippen molar-refractivity contribution >= 4 is 16.0 Å². The summed E-state index contributed by atoms with van der Waals surface area (Å²) in [4.78, 5) is 10.3. The molecule has 0 heterocycles. The number of aliphatic carboxylic acids is 1. The van der Waals surface area contributed by atoms with Gasteiger partial charge in [0.15, 0.2) is 0 Å². The van der Waals surface area contributed by atoms with E-state index in [4.69, 9.17) is 5.11 Å². The lowest BCUT2D eigenvalue weighted by Gasteiger charge is -2.31. The second kappa shape index (κ2) is 6.35. The molecule has 0 atom stereocenters. The number of nitrogens with zero attached hydrogens (tertiary/aromatic N) is 1. The molecule has 0 aromatic heterocycles. The molecule has 5 nitrogen and oxygen atoms in total. The highest BCUT2D eigenvalue weighted by atomic mass is 32.2. The Labute approximate surface area is 103 Å². The van der Waals surface area contributed by atoms with Crippen molar-refractivity contribution in [2.45, 2.75) is 39.0 Å². The summed E-state index contributed by atoms with van der Waals surface area (Å²) in [5, 5.41) is 8.49. The first-order chi connectivity index (χ1) is 7.95. The van der Waals surface area contributed by atoms with Crippen molar-refractivity contribution in [3.8, 4) is 0 Å².